The van der Waals surface area contributed by atoms with Gasteiger partial charge in [-0.05, 0) is 40.8 Å². The van der Waals surface area contributed by atoms with E-state index in [9.17, 15) is 0 Å². The highest BCUT2D eigenvalue weighted by Gasteiger charge is 2.13. The summed E-state index contributed by atoms with van der Waals surface area (Å²) in [5, 5.41) is 3.95. The molecule has 2 heterocycles. The van der Waals surface area contributed by atoms with E-state index in [1.165, 1.54) is 0 Å². The van der Waals surface area contributed by atoms with Crippen molar-refractivity contribution in [2.75, 3.05) is 5.88 Å². The highest BCUT2D eigenvalue weighted by atomic mass is 127. The molecular formula is C13H12ClIN4O. The summed E-state index contributed by atoms with van der Waals surface area (Å²) < 4.78 is 8.28. The molecule has 104 valence electrons. The lowest BCUT2D eigenvalue weighted by molar-refractivity contribution is 0.386. The maximum absolute atomic E-state index is 5.87. The molecule has 2 aromatic heterocycles. The fourth-order valence-electron chi connectivity index (χ4n) is 2.15. The first-order chi connectivity index (χ1) is 9.67. The number of aryl methyl sites for hydroxylation is 2. The zero-order valence-corrected chi connectivity index (χ0v) is 13.7. The Hall–Kier alpha value is -1.15. The van der Waals surface area contributed by atoms with Crippen LogP contribution in [0, 0.1) is 10.5 Å². The first-order valence-electron chi connectivity index (χ1n) is 6.17. The van der Waals surface area contributed by atoms with E-state index in [1.54, 1.807) is 6.92 Å². The maximum Gasteiger partial charge on any atom is 0.223 e. The zero-order chi connectivity index (χ0) is 14.1. The largest absolute Gasteiger partial charge is 0.340 e. The van der Waals surface area contributed by atoms with Crippen molar-refractivity contribution in [3.05, 3.63) is 39.3 Å². The van der Waals surface area contributed by atoms with Crippen molar-refractivity contribution >= 4 is 45.2 Å². The fraction of sp³-hybridized carbons (Fsp3) is 0.308. The van der Waals surface area contributed by atoms with Crippen LogP contribution in [0.1, 0.15) is 17.5 Å². The van der Waals surface area contributed by atoms with Gasteiger partial charge < -0.3 is 9.09 Å². The number of fused-ring (bicyclic) bond motifs is 1. The van der Waals surface area contributed by atoms with Crippen molar-refractivity contribution in [3.8, 4) is 0 Å². The van der Waals surface area contributed by atoms with Gasteiger partial charge >= 0.3 is 0 Å². The molecule has 0 aliphatic carbocycles. The third kappa shape index (κ3) is 2.67. The number of rotatable bonds is 4. The Morgan fingerprint density at radius 3 is 2.90 bits per heavy atom. The van der Waals surface area contributed by atoms with Crippen LogP contribution in [0.2, 0.25) is 0 Å². The topological polar surface area (TPSA) is 56.7 Å². The molecule has 0 aliphatic heterocycles. The predicted molar refractivity (Wildman–Crippen MR) is 85.0 cm³/mol. The Kier molecular flexibility index (Phi) is 3.93. The van der Waals surface area contributed by atoms with Gasteiger partial charge in [0.15, 0.2) is 5.82 Å². The standard InChI is InChI=1S/C13H12ClIN4O/c1-8-16-12(18-20-8)7-19-11-3-2-9(15)6-10(11)17-13(19)4-5-14/h2-3,6H,4-5,7H2,1H3. The van der Waals surface area contributed by atoms with Crippen LogP contribution < -0.4 is 0 Å². The second-order valence-electron chi connectivity index (χ2n) is 4.42. The Morgan fingerprint density at radius 1 is 1.35 bits per heavy atom. The molecular weight excluding hydrogens is 391 g/mol. The third-order valence-electron chi connectivity index (χ3n) is 2.98. The highest BCUT2D eigenvalue weighted by molar-refractivity contribution is 14.1. The summed E-state index contributed by atoms with van der Waals surface area (Å²) in [6, 6.07) is 6.19. The SMILES string of the molecule is Cc1nc(Cn2c(CCCl)nc3cc(I)ccc32)no1. The van der Waals surface area contributed by atoms with Crippen molar-refractivity contribution in [1.82, 2.24) is 19.7 Å². The number of nitrogens with zero attached hydrogens (tertiary/aromatic N) is 4. The molecule has 3 rings (SSSR count). The van der Waals surface area contributed by atoms with Gasteiger partial charge in [0.25, 0.3) is 0 Å². The minimum Gasteiger partial charge on any atom is -0.340 e. The third-order valence-corrected chi connectivity index (χ3v) is 3.84. The van der Waals surface area contributed by atoms with Gasteiger partial charge in [-0.15, -0.1) is 11.6 Å². The smallest absolute Gasteiger partial charge is 0.223 e. The molecule has 5 nitrogen and oxygen atoms in total. The molecule has 0 aliphatic rings. The molecule has 0 atom stereocenters. The van der Waals surface area contributed by atoms with E-state index in [1.807, 2.05) is 0 Å². The van der Waals surface area contributed by atoms with Gasteiger partial charge in [0.2, 0.25) is 5.89 Å². The normalized spacial score (nSPS) is 11.3. The number of hydrogen-bond donors (Lipinski definition) is 0. The average Bonchev–Trinajstić information content (AvgIpc) is 2.95. The van der Waals surface area contributed by atoms with Crippen LogP contribution in [0.4, 0.5) is 0 Å². The summed E-state index contributed by atoms with van der Waals surface area (Å²) in [5.41, 5.74) is 2.03. The van der Waals surface area contributed by atoms with Crippen LogP contribution >= 0.6 is 34.2 Å². The van der Waals surface area contributed by atoms with Crippen molar-refractivity contribution < 1.29 is 4.52 Å². The number of aromatic nitrogens is 4. The second-order valence-corrected chi connectivity index (χ2v) is 6.04. The van der Waals surface area contributed by atoms with Crippen LogP contribution in [0.3, 0.4) is 0 Å². The van der Waals surface area contributed by atoms with E-state index in [0.29, 0.717) is 30.6 Å². The Bertz CT molecular complexity index is 752. The molecule has 0 saturated heterocycles. The molecule has 0 saturated carbocycles. The Labute approximate surface area is 134 Å². The average molecular weight is 403 g/mol. The van der Waals surface area contributed by atoms with E-state index in [2.05, 4.69) is 60.5 Å². The minimum absolute atomic E-state index is 0.533. The van der Waals surface area contributed by atoms with Crippen LogP contribution in [0.25, 0.3) is 11.0 Å². The monoisotopic (exact) mass is 402 g/mol. The summed E-state index contributed by atoms with van der Waals surface area (Å²) in [4.78, 5) is 8.90. The van der Waals surface area contributed by atoms with Gasteiger partial charge in [-0.1, -0.05) is 5.16 Å². The molecule has 0 fully saturated rings. The van der Waals surface area contributed by atoms with E-state index >= 15 is 0 Å². The fourth-order valence-corrected chi connectivity index (χ4v) is 2.80. The number of halogens is 2. The van der Waals surface area contributed by atoms with E-state index in [-0.39, 0.29) is 0 Å². The molecule has 3 aromatic rings. The lowest BCUT2D eigenvalue weighted by atomic mass is 10.3. The molecule has 0 N–H and O–H groups in total. The van der Waals surface area contributed by atoms with Gasteiger partial charge in [0.05, 0.1) is 17.6 Å². The highest BCUT2D eigenvalue weighted by Crippen LogP contribution is 2.20. The van der Waals surface area contributed by atoms with Crippen molar-refractivity contribution in [2.24, 2.45) is 0 Å². The number of imidazole rings is 1. The predicted octanol–water partition coefficient (Wildman–Crippen LogP) is 3.16. The summed E-state index contributed by atoms with van der Waals surface area (Å²) in [7, 11) is 0. The van der Waals surface area contributed by atoms with E-state index < -0.39 is 0 Å². The lowest BCUT2D eigenvalue weighted by Crippen LogP contribution is -2.07. The maximum atomic E-state index is 5.87. The van der Waals surface area contributed by atoms with Crippen LogP contribution in [-0.2, 0) is 13.0 Å². The molecule has 0 bridgehead atoms. The first kappa shape index (κ1) is 13.8. The molecule has 1 aromatic carbocycles. The Balaban J connectivity index is 2.08. The number of hydrogen-bond acceptors (Lipinski definition) is 4. The zero-order valence-electron chi connectivity index (χ0n) is 10.8. The lowest BCUT2D eigenvalue weighted by Gasteiger charge is -2.05. The van der Waals surface area contributed by atoms with Crippen LogP contribution in [-0.4, -0.2) is 25.6 Å². The van der Waals surface area contributed by atoms with Gasteiger partial charge in [0, 0.05) is 22.8 Å². The van der Waals surface area contributed by atoms with Gasteiger partial charge in [-0.3, -0.25) is 0 Å². The first-order valence-corrected chi connectivity index (χ1v) is 7.78. The van der Waals surface area contributed by atoms with Crippen molar-refractivity contribution in [1.29, 1.82) is 0 Å². The molecule has 7 heteroatoms. The summed E-state index contributed by atoms with van der Waals surface area (Å²) >= 11 is 8.15. The quantitative estimate of drug-likeness (QED) is 0.497. The summed E-state index contributed by atoms with van der Waals surface area (Å²) in [5.74, 6) is 2.69. The Morgan fingerprint density at radius 2 is 2.20 bits per heavy atom. The van der Waals surface area contributed by atoms with Crippen molar-refractivity contribution in [3.63, 3.8) is 0 Å². The van der Waals surface area contributed by atoms with E-state index in [0.717, 1.165) is 20.4 Å². The molecule has 20 heavy (non-hydrogen) atoms. The van der Waals surface area contributed by atoms with Crippen molar-refractivity contribution in [2.45, 2.75) is 19.9 Å². The number of alkyl halides is 1. The van der Waals surface area contributed by atoms with Gasteiger partial charge in [0.1, 0.15) is 5.82 Å². The van der Waals surface area contributed by atoms with Crippen LogP contribution in [0.15, 0.2) is 22.7 Å². The number of benzene rings is 1. The summed E-state index contributed by atoms with van der Waals surface area (Å²) in [6.45, 7) is 2.32. The van der Waals surface area contributed by atoms with Gasteiger partial charge in [-0.25, -0.2) is 4.98 Å². The van der Waals surface area contributed by atoms with Crippen LogP contribution in [0.5, 0.6) is 0 Å². The minimum atomic E-state index is 0.533. The molecule has 0 unspecified atom stereocenters. The molecule has 0 amide bonds. The molecule has 0 radical (unpaired) electrons. The molecule has 0 spiro atoms. The second kappa shape index (κ2) is 5.69. The summed E-state index contributed by atoms with van der Waals surface area (Å²) in [6.07, 6.45) is 0.712. The van der Waals surface area contributed by atoms with E-state index in [4.69, 9.17) is 16.1 Å². The van der Waals surface area contributed by atoms with Gasteiger partial charge in [-0.2, -0.15) is 4.98 Å².